The van der Waals surface area contributed by atoms with Crippen molar-refractivity contribution < 1.29 is 24.5 Å². The van der Waals surface area contributed by atoms with Crippen LogP contribution in [0.15, 0.2) is 24.3 Å². The number of aliphatic hydroxyl groups excluding tert-OH is 1. The smallest absolute Gasteiger partial charge is 0.326 e. The average molecular weight is 294 g/mol. The highest BCUT2D eigenvalue weighted by Crippen LogP contribution is 2.25. The molecule has 1 aliphatic rings. The van der Waals surface area contributed by atoms with Crippen LogP contribution in [0.25, 0.3) is 0 Å². The number of likely N-dealkylation sites (tertiary alicyclic amines) is 1. The molecule has 1 aromatic carbocycles. The molecule has 2 atom stereocenters. The maximum absolute atomic E-state index is 12.2. The number of carbonyl (C=O) groups excluding carboxylic acids is 1. The van der Waals surface area contributed by atoms with E-state index in [1.165, 1.54) is 0 Å². The van der Waals surface area contributed by atoms with Gasteiger partial charge in [-0.3, -0.25) is 0 Å². The highest BCUT2D eigenvalue weighted by atomic mass is 16.5. The number of rotatable bonds is 4. The molecule has 0 aliphatic carbocycles. The molecule has 0 saturated carbocycles. The Balaban J connectivity index is 2.12. The van der Waals surface area contributed by atoms with Crippen molar-refractivity contribution in [3.63, 3.8) is 0 Å². The van der Waals surface area contributed by atoms with Crippen LogP contribution in [0.2, 0.25) is 0 Å². The zero-order valence-corrected chi connectivity index (χ0v) is 11.7. The van der Waals surface area contributed by atoms with E-state index in [1.54, 1.807) is 24.3 Å². The normalized spacial score (nSPS) is 21.1. The van der Waals surface area contributed by atoms with E-state index in [4.69, 9.17) is 9.84 Å². The first-order valence-electron chi connectivity index (χ1n) is 6.73. The zero-order chi connectivity index (χ0) is 15.4. The Morgan fingerprint density at radius 3 is 2.81 bits per heavy atom. The molecule has 21 heavy (non-hydrogen) atoms. The highest BCUT2D eigenvalue weighted by Gasteiger charge is 2.39. The summed E-state index contributed by atoms with van der Waals surface area (Å²) in [5.41, 5.74) is 0.467. The number of anilines is 1. The topological polar surface area (TPSA) is 99.1 Å². The van der Waals surface area contributed by atoms with Crippen LogP contribution < -0.4 is 10.1 Å². The van der Waals surface area contributed by atoms with Crippen molar-refractivity contribution in [1.29, 1.82) is 0 Å². The van der Waals surface area contributed by atoms with E-state index in [2.05, 4.69) is 5.32 Å². The first kappa shape index (κ1) is 15.1. The van der Waals surface area contributed by atoms with Crippen molar-refractivity contribution in [3.05, 3.63) is 24.3 Å². The zero-order valence-electron chi connectivity index (χ0n) is 11.7. The van der Waals surface area contributed by atoms with Gasteiger partial charge in [-0.1, -0.05) is 12.1 Å². The molecule has 0 radical (unpaired) electrons. The summed E-state index contributed by atoms with van der Waals surface area (Å²) in [7, 11) is 0. The number of carboxylic acids is 1. The molecule has 7 heteroatoms. The van der Waals surface area contributed by atoms with E-state index in [1.807, 2.05) is 6.92 Å². The van der Waals surface area contributed by atoms with E-state index < -0.39 is 24.1 Å². The van der Waals surface area contributed by atoms with Crippen LogP contribution in [0, 0.1) is 0 Å². The van der Waals surface area contributed by atoms with Gasteiger partial charge in [-0.2, -0.15) is 0 Å². The van der Waals surface area contributed by atoms with Crippen LogP contribution in [0.3, 0.4) is 0 Å². The molecule has 1 fully saturated rings. The minimum Gasteiger partial charge on any atom is -0.492 e. The Morgan fingerprint density at radius 1 is 1.43 bits per heavy atom. The molecule has 114 valence electrons. The van der Waals surface area contributed by atoms with Gasteiger partial charge in [0.05, 0.1) is 18.4 Å². The molecule has 3 N–H and O–H groups in total. The van der Waals surface area contributed by atoms with Crippen molar-refractivity contribution >= 4 is 17.7 Å². The Bertz CT molecular complexity index is 534. The molecule has 7 nitrogen and oxygen atoms in total. The summed E-state index contributed by atoms with van der Waals surface area (Å²) >= 11 is 0. The number of carboxylic acid groups (broad SMARTS) is 1. The van der Waals surface area contributed by atoms with Gasteiger partial charge in [-0.05, 0) is 19.1 Å². The molecule has 1 unspecified atom stereocenters. The number of urea groups is 1. The first-order chi connectivity index (χ1) is 10.0. The van der Waals surface area contributed by atoms with Crippen LogP contribution in [0.5, 0.6) is 5.75 Å². The van der Waals surface area contributed by atoms with Crippen molar-refractivity contribution in [3.8, 4) is 5.75 Å². The van der Waals surface area contributed by atoms with Crippen molar-refractivity contribution in [2.45, 2.75) is 25.5 Å². The first-order valence-corrected chi connectivity index (χ1v) is 6.73. The summed E-state index contributed by atoms with van der Waals surface area (Å²) < 4.78 is 5.40. The number of β-amino-alcohol motifs (C(OH)–C–C–N with tert-alkyl or cyclic N) is 1. The van der Waals surface area contributed by atoms with Crippen LogP contribution >= 0.6 is 0 Å². The molecule has 0 spiro atoms. The number of para-hydroxylation sites is 2. The van der Waals surface area contributed by atoms with E-state index in [9.17, 15) is 14.7 Å². The van der Waals surface area contributed by atoms with Gasteiger partial charge in [-0.25, -0.2) is 9.59 Å². The van der Waals surface area contributed by atoms with Crippen molar-refractivity contribution in [2.75, 3.05) is 18.5 Å². The van der Waals surface area contributed by atoms with Crippen LogP contribution in [0.4, 0.5) is 10.5 Å². The number of aliphatic hydroxyl groups is 1. The van der Waals surface area contributed by atoms with E-state index in [0.717, 1.165) is 4.90 Å². The molecule has 1 aromatic rings. The second-order valence-corrected chi connectivity index (χ2v) is 4.76. The lowest BCUT2D eigenvalue weighted by atomic mass is 10.2. The Kier molecular flexibility index (Phi) is 4.64. The molecule has 2 amide bonds. The molecule has 1 aliphatic heterocycles. The van der Waals surface area contributed by atoms with Crippen LogP contribution in [0.1, 0.15) is 13.3 Å². The van der Waals surface area contributed by atoms with Gasteiger partial charge in [0.2, 0.25) is 0 Å². The van der Waals surface area contributed by atoms with Crippen LogP contribution in [-0.2, 0) is 4.79 Å². The maximum atomic E-state index is 12.2. The average Bonchev–Trinajstić information content (AvgIpc) is 2.84. The van der Waals surface area contributed by atoms with Gasteiger partial charge >= 0.3 is 12.0 Å². The Labute approximate surface area is 122 Å². The quantitative estimate of drug-likeness (QED) is 0.773. The molecular formula is C14H18N2O5. The fourth-order valence-corrected chi connectivity index (χ4v) is 2.31. The number of hydrogen-bond donors (Lipinski definition) is 3. The lowest BCUT2D eigenvalue weighted by Gasteiger charge is -2.22. The summed E-state index contributed by atoms with van der Waals surface area (Å²) in [6.07, 6.45) is -0.783. The standard InChI is InChI=1S/C14H18N2O5/c1-2-21-12-6-4-3-5-10(12)15-14(20)16-8-9(17)7-11(16)13(18)19/h3-6,9,11,17H,2,7-8H2,1H3,(H,15,20)(H,18,19)/t9?,11-/m0/s1. The third-order valence-electron chi connectivity index (χ3n) is 3.25. The maximum Gasteiger partial charge on any atom is 0.326 e. The summed E-state index contributed by atoms with van der Waals surface area (Å²) in [5, 5.41) is 21.3. The number of nitrogens with zero attached hydrogens (tertiary/aromatic N) is 1. The van der Waals surface area contributed by atoms with Crippen molar-refractivity contribution in [1.82, 2.24) is 4.90 Å². The van der Waals surface area contributed by atoms with Gasteiger partial charge < -0.3 is 25.2 Å². The highest BCUT2D eigenvalue weighted by molar-refractivity contribution is 5.94. The van der Waals surface area contributed by atoms with Gasteiger partial charge in [0, 0.05) is 13.0 Å². The SMILES string of the molecule is CCOc1ccccc1NC(=O)N1CC(O)C[C@H]1C(=O)O. The van der Waals surface area contributed by atoms with Crippen LogP contribution in [-0.4, -0.2) is 52.4 Å². The van der Waals surface area contributed by atoms with Crippen molar-refractivity contribution in [2.24, 2.45) is 0 Å². The molecule has 0 aromatic heterocycles. The minimum atomic E-state index is -1.13. The van der Waals surface area contributed by atoms with Gasteiger partial charge in [0.25, 0.3) is 0 Å². The van der Waals surface area contributed by atoms with E-state index in [-0.39, 0.29) is 13.0 Å². The van der Waals surface area contributed by atoms with Gasteiger partial charge in [0.1, 0.15) is 11.8 Å². The summed E-state index contributed by atoms with van der Waals surface area (Å²) in [6, 6.07) is 5.33. The van der Waals surface area contributed by atoms with Gasteiger partial charge in [-0.15, -0.1) is 0 Å². The third kappa shape index (κ3) is 3.43. The molecule has 0 bridgehead atoms. The fourth-order valence-electron chi connectivity index (χ4n) is 2.31. The second-order valence-electron chi connectivity index (χ2n) is 4.76. The molecule has 1 heterocycles. The third-order valence-corrected chi connectivity index (χ3v) is 3.25. The van der Waals surface area contributed by atoms with E-state index >= 15 is 0 Å². The number of benzene rings is 1. The van der Waals surface area contributed by atoms with Gasteiger partial charge in [0.15, 0.2) is 0 Å². The summed E-state index contributed by atoms with van der Waals surface area (Å²) in [6.45, 7) is 2.28. The number of nitrogens with one attached hydrogen (secondary N) is 1. The largest absolute Gasteiger partial charge is 0.492 e. The second kappa shape index (κ2) is 6.45. The minimum absolute atomic E-state index is 0.000395. The Morgan fingerprint density at radius 2 is 2.14 bits per heavy atom. The molecular weight excluding hydrogens is 276 g/mol. The number of carbonyl (C=O) groups is 2. The predicted octanol–water partition coefficient (Wildman–Crippen LogP) is 1.14. The predicted molar refractivity (Wildman–Crippen MR) is 75.4 cm³/mol. The Hall–Kier alpha value is -2.28. The lowest BCUT2D eigenvalue weighted by molar-refractivity contribution is -0.141. The molecule has 1 saturated heterocycles. The lowest BCUT2D eigenvalue weighted by Crippen LogP contribution is -2.43. The van der Waals surface area contributed by atoms with E-state index in [0.29, 0.717) is 18.0 Å². The molecule has 2 rings (SSSR count). The number of amides is 2. The number of aliphatic carboxylic acids is 1. The summed E-state index contributed by atoms with van der Waals surface area (Å²) in [5.74, 6) is -0.611. The fraction of sp³-hybridized carbons (Fsp3) is 0.429. The number of ether oxygens (including phenoxy) is 1. The monoisotopic (exact) mass is 294 g/mol. The number of hydrogen-bond acceptors (Lipinski definition) is 4. The summed E-state index contributed by atoms with van der Waals surface area (Å²) in [4.78, 5) is 24.5.